The molecule has 0 radical (unpaired) electrons. The van der Waals surface area contributed by atoms with Gasteiger partial charge in [-0.1, -0.05) is 23.7 Å². The number of carboxylic acids is 1. The van der Waals surface area contributed by atoms with Gasteiger partial charge in [0.15, 0.2) is 0 Å². The average Bonchev–Trinajstić information content (AvgIpc) is 3.04. The summed E-state index contributed by atoms with van der Waals surface area (Å²) in [5, 5.41) is 13.3. The Morgan fingerprint density at radius 3 is 2.74 bits per heavy atom. The van der Waals surface area contributed by atoms with Crippen LogP contribution >= 0.6 is 11.6 Å². The third kappa shape index (κ3) is 2.48. The van der Waals surface area contributed by atoms with Crippen LogP contribution in [0.3, 0.4) is 0 Å². The number of benzene rings is 2. The van der Waals surface area contributed by atoms with Crippen LogP contribution in [0.15, 0.2) is 42.5 Å². The lowest BCUT2D eigenvalue weighted by molar-refractivity contribution is 0.0696. The third-order valence-electron chi connectivity index (χ3n) is 4.71. The zero-order valence-electron chi connectivity index (χ0n) is 12.3. The molecular formula is C18H16ClNO3. The van der Waals surface area contributed by atoms with Crippen LogP contribution in [-0.4, -0.2) is 17.7 Å². The fraction of sp³-hybridized carbons (Fsp3) is 0.278. The van der Waals surface area contributed by atoms with E-state index in [0.29, 0.717) is 16.5 Å². The van der Waals surface area contributed by atoms with Crippen LogP contribution in [0.2, 0.25) is 5.02 Å². The number of rotatable bonds is 2. The van der Waals surface area contributed by atoms with Crippen molar-refractivity contribution in [1.29, 1.82) is 0 Å². The van der Waals surface area contributed by atoms with Gasteiger partial charge in [0, 0.05) is 28.8 Å². The standard InChI is InChI=1S/C18H16ClNO3/c19-12-5-6-15-14(9-12)17-13(7-8-23-17)16(20-15)10-1-3-11(4-2-10)18(21)22/h1-6,9,13,16-17,20H,7-8H2,(H,21,22)/t13-,16+,17+/m1/s1. The normalized spacial score (nSPS) is 25.3. The van der Waals surface area contributed by atoms with Gasteiger partial charge >= 0.3 is 5.97 Å². The molecule has 1 saturated heterocycles. The lowest BCUT2D eigenvalue weighted by atomic mass is 9.81. The highest BCUT2D eigenvalue weighted by Gasteiger charge is 2.41. The Labute approximate surface area is 139 Å². The van der Waals surface area contributed by atoms with Gasteiger partial charge in [-0.15, -0.1) is 0 Å². The molecule has 0 amide bonds. The first-order valence-corrected chi connectivity index (χ1v) is 8.02. The van der Waals surface area contributed by atoms with Crippen molar-refractivity contribution in [2.45, 2.75) is 18.6 Å². The maximum atomic E-state index is 11.0. The molecule has 4 rings (SSSR count). The number of aromatic carboxylic acids is 1. The summed E-state index contributed by atoms with van der Waals surface area (Å²) in [5.41, 5.74) is 3.52. The van der Waals surface area contributed by atoms with Gasteiger partial charge in [-0.05, 0) is 42.3 Å². The number of hydrogen-bond donors (Lipinski definition) is 2. The highest BCUT2D eigenvalue weighted by atomic mass is 35.5. The smallest absolute Gasteiger partial charge is 0.335 e. The molecule has 0 unspecified atom stereocenters. The average molecular weight is 330 g/mol. The van der Waals surface area contributed by atoms with Crippen molar-refractivity contribution in [2.24, 2.45) is 5.92 Å². The maximum Gasteiger partial charge on any atom is 0.335 e. The minimum Gasteiger partial charge on any atom is -0.478 e. The summed E-state index contributed by atoms with van der Waals surface area (Å²) >= 11 is 6.13. The fourth-order valence-electron chi connectivity index (χ4n) is 3.61. The Balaban J connectivity index is 1.72. The first kappa shape index (κ1) is 14.5. The van der Waals surface area contributed by atoms with E-state index in [4.69, 9.17) is 21.4 Å². The lowest BCUT2D eigenvalue weighted by Gasteiger charge is -2.36. The van der Waals surface area contributed by atoms with Crippen LogP contribution in [0.1, 0.15) is 40.1 Å². The summed E-state index contributed by atoms with van der Waals surface area (Å²) in [5.74, 6) is -0.591. The predicted octanol–water partition coefficient (Wildman–Crippen LogP) is 4.28. The summed E-state index contributed by atoms with van der Waals surface area (Å²) in [6.07, 6.45) is 1.00. The van der Waals surface area contributed by atoms with E-state index in [0.717, 1.165) is 29.8 Å². The summed E-state index contributed by atoms with van der Waals surface area (Å²) < 4.78 is 5.96. The largest absolute Gasteiger partial charge is 0.478 e. The second-order valence-electron chi connectivity index (χ2n) is 6.02. The van der Waals surface area contributed by atoms with Crippen LogP contribution in [0.25, 0.3) is 0 Å². The molecule has 5 heteroatoms. The van der Waals surface area contributed by atoms with Crippen molar-refractivity contribution in [3.63, 3.8) is 0 Å². The minimum absolute atomic E-state index is 0.0362. The molecule has 23 heavy (non-hydrogen) atoms. The maximum absolute atomic E-state index is 11.0. The van der Waals surface area contributed by atoms with Crippen LogP contribution in [0.5, 0.6) is 0 Å². The van der Waals surface area contributed by atoms with E-state index in [1.807, 2.05) is 30.3 Å². The van der Waals surface area contributed by atoms with E-state index in [1.165, 1.54) is 0 Å². The van der Waals surface area contributed by atoms with Crippen molar-refractivity contribution < 1.29 is 14.6 Å². The van der Waals surface area contributed by atoms with Gasteiger partial charge < -0.3 is 15.2 Å². The number of fused-ring (bicyclic) bond motifs is 3. The number of ether oxygens (including phenoxy) is 1. The van der Waals surface area contributed by atoms with Gasteiger partial charge in [-0.25, -0.2) is 4.79 Å². The summed E-state index contributed by atoms with van der Waals surface area (Å²) in [6, 6.07) is 13.0. The minimum atomic E-state index is -0.907. The SMILES string of the molecule is O=C(O)c1ccc([C@@H]2Nc3ccc(Cl)cc3[C@H]3OCC[C@@H]32)cc1. The number of nitrogens with one attached hydrogen (secondary N) is 1. The van der Waals surface area contributed by atoms with Crippen LogP contribution < -0.4 is 5.32 Å². The fourth-order valence-corrected chi connectivity index (χ4v) is 3.79. The lowest BCUT2D eigenvalue weighted by Crippen LogP contribution is -2.29. The van der Waals surface area contributed by atoms with E-state index >= 15 is 0 Å². The number of halogens is 1. The van der Waals surface area contributed by atoms with E-state index in [1.54, 1.807) is 12.1 Å². The molecule has 2 aromatic rings. The summed E-state index contributed by atoms with van der Waals surface area (Å²) in [4.78, 5) is 11.0. The quantitative estimate of drug-likeness (QED) is 0.863. The number of carboxylic acid groups (broad SMARTS) is 1. The number of carbonyl (C=O) groups is 1. The Kier molecular flexibility index (Phi) is 3.51. The molecule has 2 heterocycles. The zero-order valence-corrected chi connectivity index (χ0v) is 13.1. The molecule has 1 fully saturated rings. The van der Waals surface area contributed by atoms with E-state index < -0.39 is 5.97 Å². The van der Waals surface area contributed by atoms with Crippen LogP contribution in [0.4, 0.5) is 5.69 Å². The first-order chi connectivity index (χ1) is 11.1. The molecule has 3 atom stereocenters. The second kappa shape index (κ2) is 5.55. The van der Waals surface area contributed by atoms with Crippen molar-refractivity contribution in [3.05, 3.63) is 64.2 Å². The zero-order chi connectivity index (χ0) is 16.0. The Morgan fingerprint density at radius 2 is 2.00 bits per heavy atom. The van der Waals surface area contributed by atoms with Gasteiger partial charge in [0.1, 0.15) is 0 Å². The monoisotopic (exact) mass is 329 g/mol. The molecule has 0 bridgehead atoms. The summed E-state index contributed by atoms with van der Waals surface area (Å²) in [6.45, 7) is 0.729. The van der Waals surface area contributed by atoms with Crippen molar-refractivity contribution in [2.75, 3.05) is 11.9 Å². The molecule has 0 saturated carbocycles. The van der Waals surface area contributed by atoms with Gasteiger partial charge in [0.05, 0.1) is 17.7 Å². The third-order valence-corrected chi connectivity index (χ3v) is 4.95. The molecule has 2 aliphatic heterocycles. The second-order valence-corrected chi connectivity index (χ2v) is 6.46. The Bertz CT molecular complexity index is 759. The molecule has 0 spiro atoms. The topological polar surface area (TPSA) is 58.6 Å². The number of anilines is 1. The van der Waals surface area contributed by atoms with E-state index in [9.17, 15) is 4.79 Å². The molecule has 4 nitrogen and oxygen atoms in total. The Morgan fingerprint density at radius 1 is 1.22 bits per heavy atom. The number of hydrogen-bond acceptors (Lipinski definition) is 3. The van der Waals surface area contributed by atoms with Gasteiger partial charge in [-0.3, -0.25) is 0 Å². The van der Waals surface area contributed by atoms with Crippen molar-refractivity contribution >= 4 is 23.3 Å². The highest BCUT2D eigenvalue weighted by molar-refractivity contribution is 6.30. The molecule has 2 aromatic carbocycles. The summed E-state index contributed by atoms with van der Waals surface area (Å²) in [7, 11) is 0. The van der Waals surface area contributed by atoms with Crippen molar-refractivity contribution in [1.82, 2.24) is 0 Å². The molecular weight excluding hydrogens is 314 g/mol. The first-order valence-electron chi connectivity index (χ1n) is 7.64. The predicted molar refractivity (Wildman–Crippen MR) is 88.0 cm³/mol. The highest BCUT2D eigenvalue weighted by Crippen LogP contribution is 2.50. The molecule has 2 N–H and O–H groups in total. The van der Waals surface area contributed by atoms with E-state index in [2.05, 4.69) is 5.32 Å². The van der Waals surface area contributed by atoms with Gasteiger partial charge in [0.25, 0.3) is 0 Å². The molecule has 0 aliphatic carbocycles. The molecule has 2 aliphatic rings. The molecule has 118 valence electrons. The van der Waals surface area contributed by atoms with Crippen LogP contribution in [0, 0.1) is 5.92 Å². The van der Waals surface area contributed by atoms with Gasteiger partial charge in [-0.2, -0.15) is 0 Å². The van der Waals surface area contributed by atoms with Crippen LogP contribution in [-0.2, 0) is 4.74 Å². The Hall–Kier alpha value is -2.04. The molecule has 0 aromatic heterocycles. The van der Waals surface area contributed by atoms with Gasteiger partial charge in [0.2, 0.25) is 0 Å². The van der Waals surface area contributed by atoms with Crippen molar-refractivity contribution in [3.8, 4) is 0 Å². The van der Waals surface area contributed by atoms with E-state index in [-0.39, 0.29) is 12.1 Å².